The van der Waals surface area contributed by atoms with Gasteiger partial charge in [0.05, 0.1) is 23.0 Å². The summed E-state index contributed by atoms with van der Waals surface area (Å²) in [6.07, 6.45) is 0. The van der Waals surface area contributed by atoms with Crippen LogP contribution in [0.25, 0.3) is 0 Å². The molecule has 3 rings (SSSR count). The Kier molecular flexibility index (Phi) is 6.40. The highest BCUT2D eigenvalue weighted by molar-refractivity contribution is 7.89. The number of ether oxygens (including phenoxy) is 1. The number of hydrogen-bond donors (Lipinski definition) is 1. The van der Waals surface area contributed by atoms with Gasteiger partial charge in [-0.2, -0.15) is 0 Å². The molecule has 0 radical (unpaired) electrons. The highest BCUT2D eigenvalue weighted by Gasteiger charge is 2.21. The molecule has 0 atom stereocenters. The number of nitro groups is 1. The molecular weight excluding hydrogens is 382 g/mol. The number of hydrogen-bond acceptors (Lipinski definition) is 6. The zero-order valence-corrected chi connectivity index (χ0v) is 16.4. The van der Waals surface area contributed by atoms with Crippen LogP contribution in [0.3, 0.4) is 0 Å². The van der Waals surface area contributed by atoms with Crippen molar-refractivity contribution in [3.05, 3.63) is 69.3 Å². The van der Waals surface area contributed by atoms with E-state index in [1.807, 2.05) is 24.3 Å². The molecule has 1 N–H and O–H groups in total. The third-order valence-electron chi connectivity index (χ3n) is 4.74. The summed E-state index contributed by atoms with van der Waals surface area (Å²) in [4.78, 5) is 12.6. The molecule has 1 saturated heterocycles. The molecular formula is C19H23N3O5S. The molecule has 0 saturated carbocycles. The molecule has 1 heterocycles. The summed E-state index contributed by atoms with van der Waals surface area (Å²) in [6.45, 7) is 5.52. The Labute approximate surface area is 164 Å². The Morgan fingerprint density at radius 2 is 1.82 bits per heavy atom. The summed E-state index contributed by atoms with van der Waals surface area (Å²) < 4.78 is 33.4. The van der Waals surface area contributed by atoms with Gasteiger partial charge in [-0.15, -0.1) is 0 Å². The summed E-state index contributed by atoms with van der Waals surface area (Å²) in [5, 5.41) is 11.0. The van der Waals surface area contributed by atoms with Crippen LogP contribution in [0, 0.1) is 17.0 Å². The molecule has 0 aliphatic carbocycles. The first-order chi connectivity index (χ1) is 13.4. The van der Waals surface area contributed by atoms with Gasteiger partial charge in [0.2, 0.25) is 10.0 Å². The Hall–Kier alpha value is -2.33. The first-order valence-corrected chi connectivity index (χ1v) is 10.5. The van der Waals surface area contributed by atoms with E-state index in [2.05, 4.69) is 9.62 Å². The first kappa shape index (κ1) is 20.4. The summed E-state index contributed by atoms with van der Waals surface area (Å²) in [7, 11) is -3.88. The Bertz CT molecular complexity index is 956. The normalized spacial score (nSPS) is 15.5. The van der Waals surface area contributed by atoms with Crippen LogP contribution in [0.5, 0.6) is 0 Å². The van der Waals surface area contributed by atoms with Gasteiger partial charge >= 0.3 is 0 Å². The molecule has 0 bridgehead atoms. The topological polar surface area (TPSA) is 102 Å². The number of nitrogens with zero attached hydrogens (tertiary/aromatic N) is 2. The first-order valence-electron chi connectivity index (χ1n) is 8.98. The predicted octanol–water partition coefficient (Wildman–Crippen LogP) is 2.21. The van der Waals surface area contributed by atoms with E-state index in [-0.39, 0.29) is 17.1 Å². The minimum Gasteiger partial charge on any atom is -0.379 e. The molecule has 2 aromatic carbocycles. The number of aryl methyl sites for hydroxylation is 1. The fourth-order valence-corrected chi connectivity index (χ4v) is 4.40. The fourth-order valence-electron chi connectivity index (χ4n) is 3.13. The van der Waals surface area contributed by atoms with Crippen LogP contribution in [0.2, 0.25) is 0 Å². The van der Waals surface area contributed by atoms with Gasteiger partial charge in [0, 0.05) is 38.3 Å². The van der Waals surface area contributed by atoms with Gasteiger partial charge in [0.1, 0.15) is 0 Å². The van der Waals surface area contributed by atoms with E-state index in [1.54, 1.807) is 6.92 Å². The maximum absolute atomic E-state index is 12.7. The van der Waals surface area contributed by atoms with Gasteiger partial charge in [0.15, 0.2) is 0 Å². The summed E-state index contributed by atoms with van der Waals surface area (Å²) in [5.41, 5.74) is 2.13. The maximum atomic E-state index is 12.7. The molecule has 0 spiro atoms. The molecule has 0 unspecified atom stereocenters. The third-order valence-corrected chi connectivity index (χ3v) is 6.28. The minimum absolute atomic E-state index is 0.0765. The molecule has 150 valence electrons. The fraction of sp³-hybridized carbons (Fsp3) is 0.368. The van der Waals surface area contributed by atoms with Crippen molar-refractivity contribution in [2.24, 2.45) is 0 Å². The van der Waals surface area contributed by atoms with Gasteiger partial charge in [-0.3, -0.25) is 15.0 Å². The van der Waals surface area contributed by atoms with Crippen LogP contribution in [0.15, 0.2) is 47.4 Å². The average molecular weight is 405 g/mol. The Morgan fingerprint density at radius 3 is 2.50 bits per heavy atom. The highest BCUT2D eigenvalue weighted by Crippen LogP contribution is 2.22. The lowest BCUT2D eigenvalue weighted by Gasteiger charge is -2.27. The van der Waals surface area contributed by atoms with Gasteiger partial charge in [-0.1, -0.05) is 30.3 Å². The summed E-state index contributed by atoms with van der Waals surface area (Å²) >= 11 is 0. The van der Waals surface area contributed by atoms with Crippen molar-refractivity contribution >= 4 is 15.7 Å². The van der Waals surface area contributed by atoms with Crippen LogP contribution in [-0.2, 0) is 27.8 Å². The van der Waals surface area contributed by atoms with Gasteiger partial charge in [-0.05, 0) is 23.6 Å². The standard InChI is InChI=1S/C19H23N3O5S/c1-15-6-7-18(22(23)24)12-19(15)28(25,26)20-13-16-4-2-3-5-17(16)14-21-8-10-27-11-9-21/h2-7,12,20H,8-11,13-14H2,1H3. The van der Waals surface area contributed by atoms with E-state index in [0.29, 0.717) is 18.8 Å². The molecule has 28 heavy (non-hydrogen) atoms. The van der Waals surface area contributed by atoms with Crippen molar-refractivity contribution in [3.8, 4) is 0 Å². The van der Waals surface area contributed by atoms with Crippen molar-refractivity contribution < 1.29 is 18.1 Å². The monoisotopic (exact) mass is 405 g/mol. The number of nitrogens with one attached hydrogen (secondary N) is 1. The SMILES string of the molecule is Cc1ccc([N+](=O)[O-])cc1S(=O)(=O)NCc1ccccc1CN1CCOCC1. The third kappa shape index (κ3) is 4.93. The zero-order chi connectivity index (χ0) is 20.1. The number of non-ortho nitro benzene ring substituents is 1. The molecule has 1 aliphatic rings. The molecule has 9 heteroatoms. The van der Waals surface area contributed by atoms with E-state index < -0.39 is 14.9 Å². The summed E-state index contributed by atoms with van der Waals surface area (Å²) in [6, 6.07) is 11.5. The lowest BCUT2D eigenvalue weighted by molar-refractivity contribution is -0.385. The van der Waals surface area contributed by atoms with Gasteiger partial charge < -0.3 is 4.74 Å². The molecule has 8 nitrogen and oxygen atoms in total. The van der Waals surface area contributed by atoms with Crippen molar-refractivity contribution in [1.82, 2.24) is 9.62 Å². The van der Waals surface area contributed by atoms with Crippen molar-refractivity contribution in [1.29, 1.82) is 0 Å². The van der Waals surface area contributed by atoms with Gasteiger partial charge in [-0.25, -0.2) is 13.1 Å². The summed E-state index contributed by atoms with van der Waals surface area (Å²) in [5.74, 6) is 0. The van der Waals surface area contributed by atoms with Crippen LogP contribution < -0.4 is 4.72 Å². The molecule has 0 amide bonds. The van der Waals surface area contributed by atoms with E-state index in [0.717, 1.165) is 36.8 Å². The van der Waals surface area contributed by atoms with Crippen molar-refractivity contribution in [2.45, 2.75) is 24.9 Å². The van der Waals surface area contributed by atoms with Crippen LogP contribution in [-0.4, -0.2) is 44.5 Å². The van der Waals surface area contributed by atoms with E-state index in [9.17, 15) is 18.5 Å². The lowest BCUT2D eigenvalue weighted by Crippen LogP contribution is -2.36. The lowest BCUT2D eigenvalue weighted by atomic mass is 10.1. The Balaban J connectivity index is 1.76. The maximum Gasteiger partial charge on any atom is 0.270 e. The number of rotatable bonds is 7. The molecule has 1 fully saturated rings. The highest BCUT2D eigenvalue weighted by atomic mass is 32.2. The Morgan fingerprint density at radius 1 is 1.14 bits per heavy atom. The molecule has 0 aromatic heterocycles. The smallest absolute Gasteiger partial charge is 0.270 e. The minimum atomic E-state index is -3.88. The quantitative estimate of drug-likeness (QED) is 0.560. The van der Waals surface area contributed by atoms with E-state index in [4.69, 9.17) is 4.74 Å². The molecule has 1 aliphatic heterocycles. The van der Waals surface area contributed by atoms with Crippen LogP contribution in [0.1, 0.15) is 16.7 Å². The van der Waals surface area contributed by atoms with Gasteiger partial charge in [0.25, 0.3) is 5.69 Å². The number of sulfonamides is 1. The number of morpholine rings is 1. The van der Waals surface area contributed by atoms with Crippen molar-refractivity contribution in [3.63, 3.8) is 0 Å². The van der Waals surface area contributed by atoms with E-state index in [1.165, 1.54) is 12.1 Å². The second kappa shape index (κ2) is 8.78. The average Bonchev–Trinajstić information content (AvgIpc) is 2.68. The second-order valence-electron chi connectivity index (χ2n) is 6.69. The molecule has 2 aromatic rings. The van der Waals surface area contributed by atoms with Crippen LogP contribution in [0.4, 0.5) is 5.69 Å². The number of nitro benzene ring substituents is 1. The second-order valence-corrected chi connectivity index (χ2v) is 8.42. The van der Waals surface area contributed by atoms with Crippen LogP contribution >= 0.6 is 0 Å². The largest absolute Gasteiger partial charge is 0.379 e. The van der Waals surface area contributed by atoms with Crippen molar-refractivity contribution in [2.75, 3.05) is 26.3 Å². The predicted molar refractivity (Wildman–Crippen MR) is 104 cm³/mol. The van der Waals surface area contributed by atoms with E-state index >= 15 is 0 Å². The zero-order valence-electron chi connectivity index (χ0n) is 15.6. The number of benzene rings is 2.